The molecule has 0 aromatic heterocycles. The molecule has 0 unspecified atom stereocenters. The number of nitrogens with zero attached hydrogens (tertiary/aromatic N) is 1. The van der Waals surface area contributed by atoms with Crippen LogP contribution in [0.5, 0.6) is 0 Å². The van der Waals surface area contributed by atoms with E-state index < -0.39 is 26.7 Å². The third kappa shape index (κ3) is 9.02. The monoisotopic (exact) mass is 513 g/mol. The quantitative estimate of drug-likeness (QED) is 0.297. The molecule has 0 spiro atoms. The molecule has 1 aliphatic heterocycles. The van der Waals surface area contributed by atoms with Gasteiger partial charge in [-0.1, -0.05) is 0 Å². The maximum absolute atomic E-state index is 12.7. The van der Waals surface area contributed by atoms with Gasteiger partial charge in [-0.2, -0.15) is 0 Å². The number of carbonyl (C=O) groups excluding carboxylic acids is 2. The van der Waals surface area contributed by atoms with Crippen molar-refractivity contribution in [2.75, 3.05) is 13.1 Å². The molecule has 1 aliphatic rings. The van der Waals surface area contributed by atoms with Crippen LogP contribution in [0.2, 0.25) is 3.43 Å². The van der Waals surface area contributed by atoms with Crippen molar-refractivity contribution in [2.24, 2.45) is 0 Å². The molecule has 2 radical (unpaired) electrons. The summed E-state index contributed by atoms with van der Waals surface area (Å²) in [6.07, 6.45) is 11.0. The molecule has 0 aromatic rings. The van der Waals surface area contributed by atoms with Crippen LogP contribution in [-0.2, 0) is 9.53 Å². The van der Waals surface area contributed by atoms with E-state index in [9.17, 15) is 9.59 Å². The van der Waals surface area contributed by atoms with Gasteiger partial charge < -0.3 is 0 Å². The van der Waals surface area contributed by atoms with Crippen molar-refractivity contribution in [3.05, 3.63) is 9.16 Å². The van der Waals surface area contributed by atoms with E-state index in [2.05, 4.69) is 20.8 Å². The topological polar surface area (TPSA) is 46.6 Å². The molecule has 0 aromatic carbocycles. The van der Waals surface area contributed by atoms with Crippen LogP contribution in [0, 0.1) is 0 Å². The van der Waals surface area contributed by atoms with Crippen LogP contribution in [0.4, 0.5) is 4.79 Å². The number of unbranched alkanes of at least 4 members (excludes halogenated alkanes) is 3. The average molecular weight is 512 g/mol. The van der Waals surface area contributed by atoms with Crippen molar-refractivity contribution in [1.82, 2.24) is 4.90 Å². The summed E-state index contributed by atoms with van der Waals surface area (Å²) in [6, 6.07) is 0. The molecule has 0 saturated heterocycles. The van der Waals surface area contributed by atoms with Crippen molar-refractivity contribution in [1.29, 1.82) is 0 Å². The van der Waals surface area contributed by atoms with Crippen molar-refractivity contribution in [2.45, 2.75) is 115 Å². The number of ether oxygens (including phenoxy) is 1. The summed E-state index contributed by atoms with van der Waals surface area (Å²) >= 11 is -1.02. The second-order valence-electron chi connectivity index (χ2n) is 9.58. The van der Waals surface area contributed by atoms with E-state index in [1.54, 1.807) is 4.90 Å². The van der Waals surface area contributed by atoms with Crippen molar-refractivity contribution in [3.63, 3.8) is 0 Å². The predicted molar refractivity (Wildman–Crippen MR) is 123 cm³/mol. The molecule has 0 aliphatic carbocycles. The third-order valence-electron chi connectivity index (χ3n) is 5.65. The second-order valence-corrected chi connectivity index (χ2v) is 15.0. The average Bonchev–Trinajstić information content (AvgIpc) is 2.64. The molecule has 1 amide bonds. The minimum atomic E-state index is -1.02. The molecule has 0 atom stereocenters. The zero-order valence-corrected chi connectivity index (χ0v) is 22.8. The number of carbonyl (C=O) groups is 2. The van der Waals surface area contributed by atoms with Gasteiger partial charge in [-0.05, 0) is 0 Å². The van der Waals surface area contributed by atoms with Gasteiger partial charge in [0.15, 0.2) is 0 Å². The molecular formula is C24H43NO3Sn. The first kappa shape index (κ1) is 26.5. The predicted octanol–water partition coefficient (Wildman–Crippen LogP) is 6.51. The van der Waals surface area contributed by atoms with Crippen molar-refractivity contribution >= 4 is 33.0 Å². The fourth-order valence-corrected chi connectivity index (χ4v) is 9.96. The first-order valence-corrected chi connectivity index (χ1v) is 14.4. The van der Waals surface area contributed by atoms with Gasteiger partial charge in [0.1, 0.15) is 0 Å². The van der Waals surface area contributed by atoms with Crippen LogP contribution in [-0.4, -0.2) is 56.6 Å². The number of amides is 1. The number of hydrogen-bond donors (Lipinski definition) is 0. The molecule has 166 valence electrons. The van der Waals surface area contributed by atoms with Crippen molar-refractivity contribution < 1.29 is 14.3 Å². The number of ketones is 1. The summed E-state index contributed by atoms with van der Waals surface area (Å²) in [4.78, 5) is 27.0. The summed E-state index contributed by atoms with van der Waals surface area (Å²) in [5.41, 5.74) is 0.411. The Balaban J connectivity index is 3.10. The fourth-order valence-electron chi connectivity index (χ4n) is 3.84. The van der Waals surface area contributed by atoms with Gasteiger partial charge in [0, 0.05) is 0 Å². The summed E-state index contributed by atoms with van der Waals surface area (Å²) in [5, 5.41) is 0. The van der Waals surface area contributed by atoms with Gasteiger partial charge in [0.25, 0.3) is 0 Å². The molecule has 29 heavy (non-hydrogen) atoms. The summed E-state index contributed by atoms with van der Waals surface area (Å²) < 4.78 is 7.30. The van der Waals surface area contributed by atoms with E-state index in [1.807, 2.05) is 27.7 Å². The van der Waals surface area contributed by atoms with Gasteiger partial charge in [0.2, 0.25) is 0 Å². The van der Waals surface area contributed by atoms with Crippen LogP contribution >= 0.6 is 0 Å². The molecule has 0 saturated carbocycles. The van der Waals surface area contributed by atoms with Gasteiger partial charge in [0.05, 0.1) is 0 Å². The molecule has 0 N–H and O–H groups in total. The first-order chi connectivity index (χ1) is 13.6. The van der Waals surface area contributed by atoms with Crippen LogP contribution < -0.4 is 0 Å². The Hall–Kier alpha value is -0.521. The zero-order chi connectivity index (χ0) is 22.1. The third-order valence-corrected chi connectivity index (χ3v) is 11.7. The number of rotatable bonds is 11. The summed E-state index contributed by atoms with van der Waals surface area (Å²) in [5.74, 6) is 0.105. The Morgan fingerprint density at radius 1 is 0.966 bits per heavy atom. The Labute approximate surface area is 189 Å². The Morgan fingerprint density at radius 2 is 1.45 bits per heavy atom. The number of Topliss-reactive ketones (excluding diaryl/α,β-unsaturated/α-hetero) is 1. The Kier molecular flexibility index (Phi) is 11.3. The van der Waals surface area contributed by atoms with E-state index in [0.717, 1.165) is 5.57 Å². The van der Waals surface area contributed by atoms with E-state index in [0.29, 0.717) is 9.98 Å². The van der Waals surface area contributed by atoms with Gasteiger partial charge in [-0.3, -0.25) is 0 Å². The Morgan fingerprint density at radius 3 is 1.86 bits per heavy atom. The van der Waals surface area contributed by atoms with E-state index in [4.69, 9.17) is 4.74 Å². The first-order valence-electron chi connectivity index (χ1n) is 11.6. The molecule has 5 heteroatoms. The van der Waals surface area contributed by atoms with E-state index >= 15 is 0 Å². The van der Waals surface area contributed by atoms with E-state index in [1.165, 1.54) is 61.4 Å². The molecular weight excluding hydrogens is 469 g/mol. The molecule has 1 rings (SSSR count). The zero-order valence-electron chi connectivity index (χ0n) is 20.0. The van der Waals surface area contributed by atoms with Crippen molar-refractivity contribution in [3.8, 4) is 0 Å². The van der Waals surface area contributed by atoms with Gasteiger partial charge in [-0.25, -0.2) is 0 Å². The van der Waals surface area contributed by atoms with Crippen LogP contribution in [0.1, 0.15) is 106 Å². The molecule has 0 bridgehead atoms. The standard InChI is InChI=1S/C13H27.C11H16NO3.Sn/c1-4-7-10-13(11-8-5-2)12-9-6-3;1-8-5-6-12(7-9(8)13)10(14)15-11(2,3)4;/h4-12H2,1-3H3;6-7H2,1-4H3;. The SMILES string of the molecule is CCCC[C](CCCC)(CCCC)[Sn][C]1=C(C)C(=O)CN(C(=O)OC(C)(C)C)C1. The minimum absolute atomic E-state index is 0.105. The van der Waals surface area contributed by atoms with Gasteiger partial charge in [-0.15, -0.1) is 0 Å². The fraction of sp³-hybridized carbons (Fsp3) is 0.833. The van der Waals surface area contributed by atoms with Crippen LogP contribution in [0.3, 0.4) is 0 Å². The van der Waals surface area contributed by atoms with E-state index in [-0.39, 0.29) is 18.4 Å². The molecule has 0 fully saturated rings. The van der Waals surface area contributed by atoms with Crippen LogP contribution in [0.25, 0.3) is 0 Å². The number of hydrogen-bond acceptors (Lipinski definition) is 3. The maximum atomic E-state index is 12.7. The normalized spacial score (nSPS) is 15.8. The summed E-state index contributed by atoms with van der Waals surface area (Å²) in [7, 11) is 0. The van der Waals surface area contributed by atoms with Crippen LogP contribution in [0.15, 0.2) is 9.16 Å². The molecule has 4 nitrogen and oxygen atoms in total. The summed E-state index contributed by atoms with van der Waals surface area (Å²) in [6.45, 7) is 15.2. The second kappa shape index (κ2) is 12.4. The van der Waals surface area contributed by atoms with Gasteiger partial charge >= 0.3 is 190 Å². The Bertz CT molecular complexity index is 555. The molecule has 1 heterocycles.